The van der Waals surface area contributed by atoms with Crippen LogP contribution in [0.5, 0.6) is 5.75 Å². The van der Waals surface area contributed by atoms with Gasteiger partial charge in [0, 0.05) is 12.1 Å². The Morgan fingerprint density at radius 3 is 2.74 bits per heavy atom. The number of hydrogen-bond donors (Lipinski definition) is 2. The lowest BCUT2D eigenvalue weighted by atomic mass is 10.1. The van der Waals surface area contributed by atoms with Gasteiger partial charge in [0.15, 0.2) is 5.69 Å². The molecule has 27 heavy (non-hydrogen) atoms. The smallest absolute Gasteiger partial charge is 0.405 e. The predicted octanol–water partition coefficient (Wildman–Crippen LogP) is 2.34. The number of aromatic nitrogens is 3. The number of nitrogens with zero attached hydrogens (tertiary/aromatic N) is 3. The van der Waals surface area contributed by atoms with Gasteiger partial charge in [-0.3, -0.25) is 4.79 Å². The first kappa shape index (κ1) is 19.2. The summed E-state index contributed by atoms with van der Waals surface area (Å²) < 4.78 is 43.2. The van der Waals surface area contributed by atoms with Gasteiger partial charge >= 0.3 is 6.36 Å². The number of amides is 1. The van der Waals surface area contributed by atoms with Crippen molar-refractivity contribution in [1.29, 1.82) is 0 Å². The normalized spacial score (nSPS) is 15.6. The molecule has 1 aliphatic rings. The number of halogens is 3. The molecule has 0 spiro atoms. The van der Waals surface area contributed by atoms with Crippen LogP contribution in [0.4, 0.5) is 13.2 Å². The van der Waals surface area contributed by atoms with E-state index < -0.39 is 12.3 Å². The maximum absolute atomic E-state index is 12.5. The van der Waals surface area contributed by atoms with Gasteiger partial charge in [0.25, 0.3) is 5.91 Å². The maximum Gasteiger partial charge on any atom is 0.573 e. The van der Waals surface area contributed by atoms with Gasteiger partial charge in [-0.05, 0) is 38.9 Å². The lowest BCUT2D eigenvalue weighted by molar-refractivity contribution is -0.274. The molecule has 1 aromatic carbocycles. The standard InChI is InChI=1S/C17H20F3N5O2/c1-11-15(23-24-25(11)13-6-8-21-9-7-13)16(26)22-10-12-4-2-3-5-14(12)27-17(18,19)20/h2-5,13,21H,6-10H2,1H3,(H,22,26). The molecule has 0 bridgehead atoms. The van der Waals surface area contributed by atoms with Gasteiger partial charge in [-0.2, -0.15) is 0 Å². The van der Waals surface area contributed by atoms with E-state index in [2.05, 4.69) is 25.7 Å². The summed E-state index contributed by atoms with van der Waals surface area (Å²) in [7, 11) is 0. The molecule has 0 saturated carbocycles. The van der Waals surface area contributed by atoms with E-state index in [1.165, 1.54) is 18.2 Å². The van der Waals surface area contributed by atoms with E-state index in [4.69, 9.17) is 0 Å². The van der Waals surface area contributed by atoms with Gasteiger partial charge in [0.2, 0.25) is 0 Å². The summed E-state index contributed by atoms with van der Waals surface area (Å²) in [5, 5.41) is 13.9. The molecular formula is C17H20F3N5O2. The van der Waals surface area contributed by atoms with Crippen molar-refractivity contribution in [3.05, 3.63) is 41.2 Å². The molecule has 1 amide bonds. The molecule has 1 aliphatic heterocycles. The molecule has 0 radical (unpaired) electrons. The summed E-state index contributed by atoms with van der Waals surface area (Å²) in [6, 6.07) is 5.85. The van der Waals surface area contributed by atoms with Crippen LogP contribution in [0.2, 0.25) is 0 Å². The summed E-state index contributed by atoms with van der Waals surface area (Å²) >= 11 is 0. The van der Waals surface area contributed by atoms with Crippen molar-refractivity contribution in [1.82, 2.24) is 25.6 Å². The molecule has 146 valence electrons. The number of piperidine rings is 1. The minimum absolute atomic E-state index is 0.120. The Balaban J connectivity index is 1.68. The Morgan fingerprint density at radius 1 is 1.33 bits per heavy atom. The van der Waals surface area contributed by atoms with Crippen LogP contribution in [0.25, 0.3) is 0 Å². The second-order valence-corrected chi connectivity index (χ2v) is 6.29. The van der Waals surface area contributed by atoms with Crippen LogP contribution < -0.4 is 15.4 Å². The third kappa shape index (κ3) is 4.76. The average molecular weight is 383 g/mol. The summed E-state index contributed by atoms with van der Waals surface area (Å²) in [6.07, 6.45) is -3.00. The molecule has 2 heterocycles. The van der Waals surface area contributed by atoms with Gasteiger partial charge in [0.1, 0.15) is 5.75 Å². The van der Waals surface area contributed by atoms with E-state index in [0.29, 0.717) is 5.69 Å². The van der Waals surface area contributed by atoms with Crippen molar-refractivity contribution in [3.63, 3.8) is 0 Å². The molecule has 7 nitrogen and oxygen atoms in total. The Hall–Kier alpha value is -2.62. The first-order valence-corrected chi connectivity index (χ1v) is 8.59. The summed E-state index contributed by atoms with van der Waals surface area (Å²) in [6.45, 7) is 3.39. The monoisotopic (exact) mass is 383 g/mol. The number of nitrogens with one attached hydrogen (secondary N) is 2. The number of carbonyl (C=O) groups is 1. The van der Waals surface area contributed by atoms with E-state index in [1.54, 1.807) is 17.7 Å². The minimum atomic E-state index is -4.80. The molecule has 1 aromatic heterocycles. The Kier molecular flexibility index (Phi) is 5.64. The highest BCUT2D eigenvalue weighted by molar-refractivity contribution is 5.93. The number of rotatable bonds is 5. The van der Waals surface area contributed by atoms with E-state index >= 15 is 0 Å². The number of carbonyl (C=O) groups excluding carboxylic acids is 1. The van der Waals surface area contributed by atoms with Gasteiger partial charge < -0.3 is 15.4 Å². The van der Waals surface area contributed by atoms with Gasteiger partial charge in [-0.15, -0.1) is 18.3 Å². The van der Waals surface area contributed by atoms with Crippen LogP contribution in [0.15, 0.2) is 24.3 Å². The van der Waals surface area contributed by atoms with Crippen molar-refractivity contribution in [3.8, 4) is 5.75 Å². The van der Waals surface area contributed by atoms with Gasteiger partial charge in [-0.25, -0.2) is 4.68 Å². The molecule has 10 heteroatoms. The number of hydrogen-bond acceptors (Lipinski definition) is 5. The fourth-order valence-corrected chi connectivity index (χ4v) is 3.08. The number of alkyl halides is 3. The van der Waals surface area contributed by atoms with E-state index in [0.717, 1.165) is 25.9 Å². The zero-order valence-corrected chi connectivity index (χ0v) is 14.7. The zero-order chi connectivity index (χ0) is 19.4. The minimum Gasteiger partial charge on any atom is -0.405 e. The topological polar surface area (TPSA) is 81.1 Å². The summed E-state index contributed by atoms with van der Waals surface area (Å²) in [5.74, 6) is -0.838. The first-order valence-electron chi connectivity index (χ1n) is 8.59. The van der Waals surface area contributed by atoms with Crippen LogP contribution in [-0.2, 0) is 6.54 Å². The van der Waals surface area contributed by atoms with Crippen molar-refractivity contribution < 1.29 is 22.7 Å². The van der Waals surface area contributed by atoms with Crippen molar-refractivity contribution in [2.24, 2.45) is 0 Å². The molecule has 1 saturated heterocycles. The van der Waals surface area contributed by atoms with Gasteiger partial charge in [-0.1, -0.05) is 23.4 Å². The number of ether oxygens (including phenoxy) is 1. The molecule has 0 aliphatic carbocycles. The largest absolute Gasteiger partial charge is 0.573 e. The van der Waals surface area contributed by atoms with E-state index in [9.17, 15) is 18.0 Å². The van der Waals surface area contributed by atoms with Crippen LogP contribution in [0.3, 0.4) is 0 Å². The van der Waals surface area contributed by atoms with Crippen molar-refractivity contribution in [2.45, 2.75) is 38.7 Å². The highest BCUT2D eigenvalue weighted by atomic mass is 19.4. The Labute approximate surface area is 153 Å². The van der Waals surface area contributed by atoms with Crippen molar-refractivity contribution in [2.75, 3.05) is 13.1 Å². The fourth-order valence-electron chi connectivity index (χ4n) is 3.08. The summed E-state index contributed by atoms with van der Waals surface area (Å²) in [4.78, 5) is 12.4. The van der Waals surface area contributed by atoms with E-state index in [-0.39, 0.29) is 29.6 Å². The summed E-state index contributed by atoms with van der Waals surface area (Å²) in [5.41, 5.74) is 1.02. The van der Waals surface area contributed by atoms with E-state index in [1.807, 2.05) is 0 Å². The zero-order valence-electron chi connectivity index (χ0n) is 14.7. The second-order valence-electron chi connectivity index (χ2n) is 6.29. The second kappa shape index (κ2) is 7.95. The third-order valence-corrected chi connectivity index (χ3v) is 4.43. The van der Waals surface area contributed by atoms with Crippen LogP contribution in [0, 0.1) is 6.92 Å². The molecular weight excluding hydrogens is 363 g/mol. The molecule has 3 rings (SSSR count). The molecule has 0 atom stereocenters. The SMILES string of the molecule is Cc1c(C(=O)NCc2ccccc2OC(F)(F)F)nnn1C1CCNCC1. The quantitative estimate of drug-likeness (QED) is 0.828. The average Bonchev–Trinajstić information content (AvgIpc) is 3.02. The van der Waals surface area contributed by atoms with Crippen molar-refractivity contribution >= 4 is 5.91 Å². The Morgan fingerprint density at radius 2 is 2.04 bits per heavy atom. The molecule has 2 N–H and O–H groups in total. The number of benzene rings is 1. The van der Waals surface area contributed by atoms with Crippen LogP contribution in [-0.4, -0.2) is 40.4 Å². The maximum atomic E-state index is 12.5. The third-order valence-electron chi connectivity index (χ3n) is 4.43. The highest BCUT2D eigenvalue weighted by Gasteiger charge is 2.32. The van der Waals surface area contributed by atoms with Gasteiger partial charge in [0.05, 0.1) is 11.7 Å². The molecule has 1 fully saturated rings. The highest BCUT2D eigenvalue weighted by Crippen LogP contribution is 2.26. The lowest BCUT2D eigenvalue weighted by Crippen LogP contribution is -2.30. The fraction of sp³-hybridized carbons (Fsp3) is 0.471. The number of para-hydroxylation sites is 1. The Bertz CT molecular complexity index is 800. The molecule has 2 aromatic rings. The predicted molar refractivity (Wildman–Crippen MR) is 90.2 cm³/mol. The first-order chi connectivity index (χ1) is 12.8. The van der Waals surface area contributed by atoms with Crippen LogP contribution in [0.1, 0.15) is 40.6 Å². The molecule has 0 unspecified atom stereocenters. The lowest BCUT2D eigenvalue weighted by Gasteiger charge is -2.23. The van der Waals surface area contributed by atoms with Crippen LogP contribution >= 0.6 is 0 Å².